The maximum atomic E-state index is 5.45. The van der Waals surface area contributed by atoms with Crippen molar-refractivity contribution in [2.45, 2.75) is 0 Å². The smallest absolute Gasteiger partial charge is 0.164 e. The van der Waals surface area contributed by atoms with Gasteiger partial charge in [0.2, 0.25) is 0 Å². The molecule has 3 aromatic heterocycles. The molecule has 0 aliphatic rings. The molecular weight excluding hydrogens is 851 g/mol. The summed E-state index contributed by atoms with van der Waals surface area (Å²) in [6.45, 7) is 0. The summed E-state index contributed by atoms with van der Waals surface area (Å²) in [5.41, 5.74) is 14.1. The van der Waals surface area contributed by atoms with Crippen molar-refractivity contribution in [3.05, 3.63) is 249 Å². The Morgan fingerprint density at radius 1 is 0.243 bits per heavy atom. The molecule has 0 fully saturated rings. The van der Waals surface area contributed by atoms with E-state index in [9.17, 15) is 0 Å². The normalized spacial score (nSPS) is 11.7. The molecule has 0 spiro atoms. The lowest BCUT2D eigenvalue weighted by atomic mass is 9.94. The molecule has 14 rings (SSSR count). The molecule has 11 aromatic carbocycles. The molecule has 14 aromatic rings. The molecule has 5 nitrogen and oxygen atoms in total. The zero-order valence-electron chi connectivity index (χ0n) is 37.9. The maximum absolute atomic E-state index is 5.45. The van der Waals surface area contributed by atoms with Crippen molar-refractivity contribution in [1.29, 1.82) is 0 Å². The number of benzene rings is 11. The van der Waals surface area contributed by atoms with Gasteiger partial charge in [-0.25, -0.2) is 15.0 Å². The van der Waals surface area contributed by atoms with E-state index in [-0.39, 0.29) is 0 Å². The summed E-state index contributed by atoms with van der Waals surface area (Å²) in [7, 11) is 0. The Labute approximate surface area is 403 Å². The average Bonchev–Trinajstić information content (AvgIpc) is 3.94. The molecule has 5 heteroatoms. The topological polar surface area (TPSA) is 48.5 Å². The highest BCUT2D eigenvalue weighted by Gasteiger charge is 2.21. The summed E-state index contributed by atoms with van der Waals surface area (Å²) < 4.78 is 4.78. The second-order valence-electron chi connectivity index (χ2n) is 18.0. The lowest BCUT2D eigenvalue weighted by Crippen LogP contribution is -2.02. The van der Waals surface area contributed by atoms with E-state index in [0.29, 0.717) is 17.5 Å². The van der Waals surface area contributed by atoms with Crippen molar-refractivity contribution in [1.82, 2.24) is 24.1 Å². The van der Waals surface area contributed by atoms with Gasteiger partial charge in [0.1, 0.15) is 0 Å². The standard InChI is InChI=1S/C65H41N5/c1-4-17-42(18-5-1)44-23-16-24-45(37-44)48-31-33-53-55(38-48)54(34-36-60(53)70-59-30-15-13-28-52(59)57-39-46-21-10-11-22-47(46)41-62(57)70)65-67-63(43-19-6-2-7-20-43)66-64(68-65)49-32-35-61-56(40-49)51-27-12-14-29-58(51)69(61)50-25-8-3-9-26-50/h1-41H. The zero-order valence-corrected chi connectivity index (χ0v) is 37.9. The molecule has 0 unspecified atom stereocenters. The number of para-hydroxylation sites is 3. The van der Waals surface area contributed by atoms with Gasteiger partial charge < -0.3 is 9.13 Å². The van der Waals surface area contributed by atoms with Crippen LogP contribution in [-0.4, -0.2) is 24.1 Å². The van der Waals surface area contributed by atoms with E-state index in [1.54, 1.807) is 0 Å². The first-order valence-corrected chi connectivity index (χ1v) is 23.8. The van der Waals surface area contributed by atoms with Crippen molar-refractivity contribution < 1.29 is 0 Å². The Morgan fingerprint density at radius 2 is 0.757 bits per heavy atom. The van der Waals surface area contributed by atoms with Crippen molar-refractivity contribution in [2.24, 2.45) is 0 Å². The minimum absolute atomic E-state index is 0.607. The van der Waals surface area contributed by atoms with E-state index in [2.05, 4.69) is 240 Å². The lowest BCUT2D eigenvalue weighted by molar-refractivity contribution is 1.08. The summed E-state index contributed by atoms with van der Waals surface area (Å²) in [5.74, 6) is 1.83. The second-order valence-corrected chi connectivity index (χ2v) is 18.0. The minimum atomic E-state index is 0.607. The third-order valence-corrected chi connectivity index (χ3v) is 13.9. The molecule has 0 saturated heterocycles. The van der Waals surface area contributed by atoms with Crippen LogP contribution in [0.2, 0.25) is 0 Å². The van der Waals surface area contributed by atoms with Gasteiger partial charge in [0.15, 0.2) is 17.5 Å². The first-order chi connectivity index (χ1) is 34.7. The third kappa shape index (κ3) is 6.51. The molecule has 0 amide bonds. The summed E-state index contributed by atoms with van der Waals surface area (Å²) >= 11 is 0. The van der Waals surface area contributed by atoms with Gasteiger partial charge in [-0.15, -0.1) is 0 Å². The van der Waals surface area contributed by atoms with Gasteiger partial charge in [-0.3, -0.25) is 0 Å². The third-order valence-electron chi connectivity index (χ3n) is 13.9. The van der Waals surface area contributed by atoms with E-state index < -0.39 is 0 Å². The Bertz CT molecular complexity index is 4340. The maximum Gasteiger partial charge on any atom is 0.164 e. The van der Waals surface area contributed by atoms with E-state index in [0.717, 1.165) is 77.4 Å². The number of fused-ring (bicyclic) bond motifs is 8. The zero-order chi connectivity index (χ0) is 46.1. The first-order valence-electron chi connectivity index (χ1n) is 23.8. The predicted molar refractivity (Wildman–Crippen MR) is 291 cm³/mol. The molecule has 0 aliphatic carbocycles. The highest BCUT2D eigenvalue weighted by molar-refractivity contribution is 6.15. The van der Waals surface area contributed by atoms with Gasteiger partial charge in [-0.2, -0.15) is 0 Å². The fourth-order valence-corrected chi connectivity index (χ4v) is 10.6. The minimum Gasteiger partial charge on any atom is -0.309 e. The van der Waals surface area contributed by atoms with Gasteiger partial charge in [-0.1, -0.05) is 170 Å². The highest BCUT2D eigenvalue weighted by Crippen LogP contribution is 2.42. The van der Waals surface area contributed by atoms with Crippen LogP contribution in [0, 0.1) is 0 Å². The predicted octanol–water partition coefficient (Wildman–Crippen LogP) is 16.7. The number of hydrogen-bond donors (Lipinski definition) is 0. The summed E-state index contributed by atoms with van der Waals surface area (Å²) in [6.07, 6.45) is 0. The van der Waals surface area contributed by atoms with E-state index in [4.69, 9.17) is 15.0 Å². The van der Waals surface area contributed by atoms with Crippen LogP contribution in [0.5, 0.6) is 0 Å². The van der Waals surface area contributed by atoms with Gasteiger partial charge in [0.05, 0.1) is 27.8 Å². The van der Waals surface area contributed by atoms with Crippen LogP contribution in [-0.2, 0) is 0 Å². The monoisotopic (exact) mass is 891 g/mol. The van der Waals surface area contributed by atoms with Crippen LogP contribution in [0.3, 0.4) is 0 Å². The molecule has 70 heavy (non-hydrogen) atoms. The van der Waals surface area contributed by atoms with Crippen molar-refractivity contribution >= 4 is 65.2 Å². The van der Waals surface area contributed by atoms with Gasteiger partial charge >= 0.3 is 0 Å². The molecule has 0 N–H and O–H groups in total. The molecule has 3 heterocycles. The second kappa shape index (κ2) is 16.1. The van der Waals surface area contributed by atoms with Crippen LogP contribution in [0.1, 0.15) is 0 Å². The Balaban J connectivity index is 1.02. The number of rotatable bonds is 7. The number of nitrogens with zero attached hydrogens (tertiary/aromatic N) is 5. The molecule has 326 valence electrons. The summed E-state index contributed by atoms with van der Waals surface area (Å²) in [5, 5.41) is 9.31. The quantitative estimate of drug-likeness (QED) is 0.160. The molecule has 0 aliphatic heterocycles. The van der Waals surface area contributed by atoms with E-state index in [1.807, 2.05) is 18.2 Å². The largest absolute Gasteiger partial charge is 0.309 e. The summed E-state index contributed by atoms with van der Waals surface area (Å²) in [6, 6.07) is 88.9. The first kappa shape index (κ1) is 39.7. The van der Waals surface area contributed by atoms with Crippen molar-refractivity contribution in [3.8, 4) is 67.8 Å². The Hall–Kier alpha value is -9.45. The van der Waals surface area contributed by atoms with Crippen LogP contribution in [0.25, 0.3) is 133 Å². The van der Waals surface area contributed by atoms with Crippen molar-refractivity contribution in [2.75, 3.05) is 0 Å². The fourth-order valence-electron chi connectivity index (χ4n) is 10.6. The van der Waals surface area contributed by atoms with E-state index in [1.165, 1.54) is 38.1 Å². The van der Waals surface area contributed by atoms with Crippen LogP contribution >= 0.6 is 0 Å². The Kier molecular flexibility index (Phi) is 9.14. The highest BCUT2D eigenvalue weighted by atomic mass is 15.0. The van der Waals surface area contributed by atoms with E-state index >= 15 is 0 Å². The van der Waals surface area contributed by atoms with Crippen molar-refractivity contribution in [3.63, 3.8) is 0 Å². The lowest BCUT2D eigenvalue weighted by Gasteiger charge is -2.17. The molecule has 0 radical (unpaired) electrons. The Morgan fingerprint density at radius 3 is 1.50 bits per heavy atom. The molecule has 0 atom stereocenters. The SMILES string of the molecule is c1ccc(-c2cccc(-c3ccc4c(-n5c6ccccc6c6cc7ccccc7cc65)ccc(-c5nc(-c6ccccc6)nc(-c6ccc7c(c6)c6ccccc6n7-c6ccccc6)n5)c4c3)c2)cc1. The molecule has 0 saturated carbocycles. The van der Waals surface area contributed by atoms with Crippen LogP contribution in [0.4, 0.5) is 0 Å². The number of aromatic nitrogens is 5. The van der Waals surface area contributed by atoms with Gasteiger partial charge in [0, 0.05) is 49.3 Å². The van der Waals surface area contributed by atoms with Crippen LogP contribution in [0.15, 0.2) is 249 Å². The molecule has 0 bridgehead atoms. The fraction of sp³-hybridized carbons (Fsp3) is 0. The molecular formula is C65H41N5. The van der Waals surface area contributed by atoms with Gasteiger partial charge in [-0.05, 0) is 117 Å². The number of hydrogen-bond acceptors (Lipinski definition) is 3. The summed E-state index contributed by atoms with van der Waals surface area (Å²) in [4.78, 5) is 16.1. The average molecular weight is 892 g/mol. The van der Waals surface area contributed by atoms with Crippen LogP contribution < -0.4 is 0 Å². The van der Waals surface area contributed by atoms with Gasteiger partial charge in [0.25, 0.3) is 0 Å².